The van der Waals surface area contributed by atoms with E-state index in [4.69, 9.17) is 10.7 Å². The Hall–Kier alpha value is -2.20. The Balaban J connectivity index is 1.64. The number of fused-ring (bicyclic) bond motifs is 1. The minimum Gasteiger partial charge on any atom is -0.383 e. The summed E-state index contributed by atoms with van der Waals surface area (Å²) in [5.41, 5.74) is 9.08. The van der Waals surface area contributed by atoms with Crippen LogP contribution in [0.25, 0.3) is 5.65 Å². The molecule has 1 saturated heterocycles. The third kappa shape index (κ3) is 3.24. The van der Waals surface area contributed by atoms with Crippen molar-refractivity contribution in [2.75, 3.05) is 40.0 Å². The number of amides is 1. The number of piperidine rings is 1. The van der Waals surface area contributed by atoms with Crippen molar-refractivity contribution >= 4 is 39.5 Å². The van der Waals surface area contributed by atoms with Gasteiger partial charge >= 0.3 is 0 Å². The number of rotatable bonds is 3. The second-order valence-electron chi connectivity index (χ2n) is 7.71. The molecule has 0 saturated carbocycles. The Morgan fingerprint density at radius 1 is 1.39 bits per heavy atom. The minimum atomic E-state index is -0.137. The summed E-state index contributed by atoms with van der Waals surface area (Å²) in [4.78, 5) is 18.8. The van der Waals surface area contributed by atoms with Crippen molar-refractivity contribution in [3.63, 3.8) is 0 Å². The number of hydrogen-bond donors (Lipinski definition) is 2. The molecule has 0 aliphatic carbocycles. The molecule has 1 fully saturated rings. The summed E-state index contributed by atoms with van der Waals surface area (Å²) in [5, 5.41) is 14.0. The van der Waals surface area contributed by atoms with Crippen LogP contribution in [0.4, 0.5) is 5.82 Å². The van der Waals surface area contributed by atoms with E-state index in [2.05, 4.69) is 31.4 Å². The van der Waals surface area contributed by atoms with Gasteiger partial charge in [0.25, 0.3) is 0 Å². The Labute approximate surface area is 172 Å². The number of nitrogens with two attached hydrogens (primary N) is 1. The predicted octanol–water partition coefficient (Wildman–Crippen LogP) is 1.01. The lowest BCUT2D eigenvalue weighted by Gasteiger charge is -2.31. The average molecular weight is 449 g/mol. The molecule has 3 N–H and O–H groups in total. The summed E-state index contributed by atoms with van der Waals surface area (Å²) in [6.45, 7) is 1.48. The summed E-state index contributed by atoms with van der Waals surface area (Å²) in [7, 11) is 5.52. The number of nitrogens with one attached hydrogen (secondary N) is 1. The first-order valence-electron chi connectivity index (χ1n) is 9.39. The van der Waals surface area contributed by atoms with Gasteiger partial charge in [-0.2, -0.15) is 14.7 Å². The smallest absolute Gasteiger partial charge is 0.239 e. The van der Waals surface area contributed by atoms with Crippen molar-refractivity contribution in [1.29, 1.82) is 0 Å². The maximum Gasteiger partial charge on any atom is 0.239 e. The van der Waals surface area contributed by atoms with Crippen LogP contribution in [-0.2, 0) is 4.79 Å². The Morgan fingerprint density at radius 3 is 2.79 bits per heavy atom. The highest BCUT2D eigenvalue weighted by Gasteiger charge is 2.31. The van der Waals surface area contributed by atoms with E-state index in [-0.39, 0.29) is 23.8 Å². The van der Waals surface area contributed by atoms with Crippen LogP contribution in [0.3, 0.4) is 0 Å². The molecule has 4 heterocycles. The predicted molar refractivity (Wildman–Crippen MR) is 111 cm³/mol. The largest absolute Gasteiger partial charge is 0.383 e. The summed E-state index contributed by atoms with van der Waals surface area (Å²) in [5.74, 6) is 0.981. The summed E-state index contributed by atoms with van der Waals surface area (Å²) >= 11 is 3.62. The normalized spacial score (nSPS) is 24.9. The fourth-order valence-electron chi connectivity index (χ4n) is 3.93. The molecule has 2 aromatic heterocycles. The molecule has 10 heteroatoms. The summed E-state index contributed by atoms with van der Waals surface area (Å²) < 4.78 is 2.46. The van der Waals surface area contributed by atoms with E-state index in [0.717, 1.165) is 40.8 Å². The van der Waals surface area contributed by atoms with E-state index in [0.29, 0.717) is 12.4 Å². The molecule has 150 valence electrons. The number of hydrazone groups is 1. The van der Waals surface area contributed by atoms with Gasteiger partial charge in [0.1, 0.15) is 5.82 Å². The number of anilines is 1. The number of hydrogen-bond acceptors (Lipinski definition) is 7. The van der Waals surface area contributed by atoms with Gasteiger partial charge in [0.2, 0.25) is 5.91 Å². The molecule has 0 spiro atoms. The zero-order valence-electron chi connectivity index (χ0n) is 16.3. The van der Waals surface area contributed by atoms with Crippen LogP contribution >= 0.6 is 15.9 Å². The van der Waals surface area contributed by atoms with Gasteiger partial charge in [-0.05, 0) is 28.8 Å². The highest BCUT2D eigenvalue weighted by Crippen LogP contribution is 2.35. The van der Waals surface area contributed by atoms with E-state index in [1.54, 1.807) is 23.5 Å². The van der Waals surface area contributed by atoms with Crippen LogP contribution in [0, 0.1) is 0 Å². The van der Waals surface area contributed by atoms with Crippen molar-refractivity contribution in [2.24, 2.45) is 5.10 Å². The number of aromatic nitrogens is 3. The lowest BCUT2D eigenvalue weighted by molar-refractivity contribution is -0.131. The molecule has 2 aliphatic rings. The SMILES string of the molecule is CN1CC(c2cnn3c(N)c(Br)c([C@H]4CC[C@@H](C(=O)N(C)C)NC4)nc23)C=N1. The maximum absolute atomic E-state index is 12.2. The second-order valence-corrected chi connectivity index (χ2v) is 8.50. The number of halogens is 1. The van der Waals surface area contributed by atoms with E-state index in [1.807, 2.05) is 24.5 Å². The zero-order chi connectivity index (χ0) is 20.0. The van der Waals surface area contributed by atoms with Crippen LogP contribution in [0.5, 0.6) is 0 Å². The first-order chi connectivity index (χ1) is 13.4. The number of nitrogen functional groups attached to an aromatic ring is 1. The van der Waals surface area contributed by atoms with Crippen molar-refractivity contribution in [2.45, 2.75) is 30.7 Å². The quantitative estimate of drug-likeness (QED) is 0.725. The molecule has 1 unspecified atom stereocenters. The lowest BCUT2D eigenvalue weighted by Crippen LogP contribution is -2.48. The number of carbonyl (C=O) groups excluding carboxylic acids is 1. The van der Waals surface area contributed by atoms with Crippen LogP contribution in [0.15, 0.2) is 15.8 Å². The number of nitrogens with zero attached hydrogens (tertiary/aromatic N) is 6. The van der Waals surface area contributed by atoms with E-state index < -0.39 is 0 Å². The van der Waals surface area contributed by atoms with Gasteiger partial charge in [0, 0.05) is 57.8 Å². The topological polar surface area (TPSA) is 104 Å². The number of carbonyl (C=O) groups is 1. The second kappa shape index (κ2) is 7.32. The zero-order valence-corrected chi connectivity index (χ0v) is 17.8. The van der Waals surface area contributed by atoms with Gasteiger partial charge < -0.3 is 16.0 Å². The fraction of sp³-hybridized carbons (Fsp3) is 0.556. The van der Waals surface area contributed by atoms with Crippen LogP contribution < -0.4 is 11.1 Å². The van der Waals surface area contributed by atoms with Gasteiger partial charge in [0.15, 0.2) is 5.65 Å². The molecule has 0 bridgehead atoms. The van der Waals surface area contributed by atoms with Gasteiger partial charge in [-0.25, -0.2) is 4.98 Å². The van der Waals surface area contributed by atoms with Gasteiger partial charge in [-0.3, -0.25) is 9.80 Å². The van der Waals surface area contributed by atoms with Crippen LogP contribution in [0.2, 0.25) is 0 Å². The lowest BCUT2D eigenvalue weighted by atomic mass is 9.91. The van der Waals surface area contributed by atoms with Crippen LogP contribution in [-0.4, -0.2) is 76.9 Å². The van der Waals surface area contributed by atoms with E-state index in [1.165, 1.54) is 0 Å². The fourth-order valence-corrected chi connectivity index (χ4v) is 4.51. The van der Waals surface area contributed by atoms with Gasteiger partial charge in [-0.15, -0.1) is 0 Å². The molecule has 1 amide bonds. The van der Waals surface area contributed by atoms with Crippen molar-refractivity contribution in [3.8, 4) is 0 Å². The van der Waals surface area contributed by atoms with Crippen molar-refractivity contribution in [1.82, 2.24) is 29.8 Å². The van der Waals surface area contributed by atoms with Crippen LogP contribution in [0.1, 0.15) is 35.9 Å². The van der Waals surface area contributed by atoms with Crippen molar-refractivity contribution < 1.29 is 4.79 Å². The maximum atomic E-state index is 12.2. The molecule has 0 radical (unpaired) electrons. The van der Waals surface area contributed by atoms with Gasteiger partial charge in [-0.1, -0.05) is 0 Å². The molecular formula is C18H25BrN8O. The Morgan fingerprint density at radius 2 is 2.18 bits per heavy atom. The molecule has 2 aromatic rings. The molecular weight excluding hydrogens is 424 g/mol. The number of likely N-dealkylation sites (N-methyl/N-ethyl adjacent to an activating group) is 2. The monoisotopic (exact) mass is 448 g/mol. The van der Waals surface area contributed by atoms with Gasteiger partial charge in [0.05, 0.1) is 22.4 Å². The highest BCUT2D eigenvalue weighted by atomic mass is 79.9. The first-order valence-corrected chi connectivity index (χ1v) is 10.2. The molecule has 2 aliphatic heterocycles. The minimum absolute atomic E-state index is 0.114. The molecule has 4 rings (SSSR count). The molecule has 3 atom stereocenters. The summed E-state index contributed by atoms with van der Waals surface area (Å²) in [6, 6.07) is -0.137. The Bertz CT molecular complexity index is 931. The third-order valence-electron chi connectivity index (χ3n) is 5.52. The third-order valence-corrected chi connectivity index (χ3v) is 6.33. The van der Waals surface area contributed by atoms with Crippen molar-refractivity contribution in [3.05, 3.63) is 21.9 Å². The molecule has 28 heavy (non-hydrogen) atoms. The van der Waals surface area contributed by atoms with E-state index in [9.17, 15) is 4.79 Å². The first kappa shape index (κ1) is 19.1. The summed E-state index contributed by atoms with van der Waals surface area (Å²) in [6.07, 6.45) is 5.40. The molecule has 9 nitrogen and oxygen atoms in total. The molecule has 0 aromatic carbocycles. The van der Waals surface area contributed by atoms with E-state index >= 15 is 0 Å². The highest BCUT2D eigenvalue weighted by molar-refractivity contribution is 9.10. The Kier molecular flexibility index (Phi) is 5.00. The average Bonchev–Trinajstić information content (AvgIpc) is 3.30. The standard InChI is InChI=1S/C18H25BrN8O/c1-25(2)18(28)13-5-4-10(6-21-13)15-14(19)16(20)27-17(24-15)12(8-23-27)11-7-22-26(3)9-11/h7-8,10-11,13,21H,4-6,9,20H2,1-3H3/t10-,11?,13-/m0/s1.